The Morgan fingerprint density at radius 2 is 2.21 bits per heavy atom. The molecule has 0 unspecified atom stereocenters. The number of ether oxygens (including phenoxy) is 1. The van der Waals surface area contributed by atoms with E-state index < -0.39 is 10.9 Å². The fourth-order valence-electron chi connectivity index (χ4n) is 1.42. The Kier molecular flexibility index (Phi) is 5.68. The second kappa shape index (κ2) is 7.27. The zero-order chi connectivity index (χ0) is 14.3. The molecule has 0 aliphatic rings. The summed E-state index contributed by atoms with van der Waals surface area (Å²) in [6.45, 7) is 1.29. The molecule has 0 fully saturated rings. The molecular formula is C11H16N4O4. The van der Waals surface area contributed by atoms with Crippen molar-refractivity contribution < 1.29 is 14.5 Å². The number of nitrogens with zero attached hydrogens (tertiary/aromatic N) is 2. The monoisotopic (exact) mass is 268 g/mol. The van der Waals surface area contributed by atoms with E-state index >= 15 is 0 Å². The van der Waals surface area contributed by atoms with Gasteiger partial charge < -0.3 is 15.4 Å². The number of rotatable bonds is 7. The molecule has 1 rings (SSSR count). The molecule has 1 aromatic heterocycles. The van der Waals surface area contributed by atoms with Crippen LogP contribution in [0.25, 0.3) is 0 Å². The lowest BCUT2D eigenvalue weighted by Crippen LogP contribution is -2.15. The molecule has 1 aromatic rings. The van der Waals surface area contributed by atoms with Crippen molar-refractivity contribution in [3.63, 3.8) is 0 Å². The number of anilines is 1. The molecule has 8 heteroatoms. The van der Waals surface area contributed by atoms with E-state index in [2.05, 4.69) is 20.4 Å². The SMILES string of the molecule is CNCCCNc1nc(C(=O)OC)ccc1[N+](=O)[O-]. The van der Waals surface area contributed by atoms with Crippen LogP contribution in [-0.4, -0.2) is 43.1 Å². The van der Waals surface area contributed by atoms with Gasteiger partial charge in [-0.1, -0.05) is 0 Å². The maximum Gasteiger partial charge on any atom is 0.356 e. The zero-order valence-corrected chi connectivity index (χ0v) is 10.8. The number of nitro groups is 1. The maximum atomic E-state index is 11.3. The first-order valence-corrected chi connectivity index (χ1v) is 5.72. The molecular weight excluding hydrogens is 252 g/mol. The fraction of sp³-hybridized carbons (Fsp3) is 0.455. The molecule has 2 N–H and O–H groups in total. The molecule has 0 amide bonds. The number of pyridine rings is 1. The van der Waals surface area contributed by atoms with Gasteiger partial charge in [-0.25, -0.2) is 9.78 Å². The number of carbonyl (C=O) groups excluding carboxylic acids is 1. The average molecular weight is 268 g/mol. The summed E-state index contributed by atoms with van der Waals surface area (Å²) in [5.41, 5.74) is -0.138. The minimum atomic E-state index is -0.631. The summed E-state index contributed by atoms with van der Waals surface area (Å²) < 4.78 is 4.53. The second-order valence-electron chi connectivity index (χ2n) is 3.70. The topological polar surface area (TPSA) is 106 Å². The Morgan fingerprint density at radius 3 is 2.79 bits per heavy atom. The Hall–Kier alpha value is -2.22. The fourth-order valence-corrected chi connectivity index (χ4v) is 1.42. The van der Waals surface area contributed by atoms with E-state index in [4.69, 9.17) is 0 Å². The van der Waals surface area contributed by atoms with E-state index in [1.54, 1.807) is 0 Å². The van der Waals surface area contributed by atoms with Crippen LogP contribution in [0.5, 0.6) is 0 Å². The van der Waals surface area contributed by atoms with Gasteiger partial charge in [0.05, 0.1) is 12.0 Å². The number of methoxy groups -OCH3 is 1. The number of hydrogen-bond acceptors (Lipinski definition) is 7. The summed E-state index contributed by atoms with van der Waals surface area (Å²) in [6, 6.07) is 2.50. The lowest BCUT2D eigenvalue weighted by Gasteiger charge is -2.07. The second-order valence-corrected chi connectivity index (χ2v) is 3.70. The van der Waals surface area contributed by atoms with Gasteiger partial charge in [0.25, 0.3) is 0 Å². The number of aromatic nitrogens is 1. The van der Waals surface area contributed by atoms with Gasteiger partial charge in [0.15, 0.2) is 5.69 Å². The Balaban J connectivity index is 2.89. The maximum absolute atomic E-state index is 11.3. The molecule has 0 saturated heterocycles. The van der Waals surface area contributed by atoms with Gasteiger partial charge in [0.2, 0.25) is 5.82 Å². The predicted molar refractivity (Wildman–Crippen MR) is 69.3 cm³/mol. The normalized spacial score (nSPS) is 10.0. The molecule has 104 valence electrons. The van der Waals surface area contributed by atoms with Crippen molar-refractivity contribution in [2.24, 2.45) is 0 Å². The molecule has 0 atom stereocenters. The molecule has 0 spiro atoms. The van der Waals surface area contributed by atoms with E-state index in [9.17, 15) is 14.9 Å². The van der Waals surface area contributed by atoms with E-state index in [1.165, 1.54) is 19.2 Å². The zero-order valence-electron chi connectivity index (χ0n) is 10.8. The summed E-state index contributed by atoms with van der Waals surface area (Å²) in [6.07, 6.45) is 0.776. The van der Waals surface area contributed by atoms with Crippen LogP contribution in [0.4, 0.5) is 11.5 Å². The molecule has 0 aromatic carbocycles. The van der Waals surface area contributed by atoms with Crippen LogP contribution in [0.2, 0.25) is 0 Å². The summed E-state index contributed by atoms with van der Waals surface area (Å²) in [4.78, 5) is 25.6. The number of esters is 1. The third kappa shape index (κ3) is 4.18. The van der Waals surface area contributed by atoms with Gasteiger partial charge in [-0.3, -0.25) is 10.1 Å². The van der Waals surface area contributed by atoms with Gasteiger partial charge in [0.1, 0.15) is 0 Å². The number of hydrogen-bond donors (Lipinski definition) is 2. The van der Waals surface area contributed by atoms with Crippen molar-refractivity contribution in [2.45, 2.75) is 6.42 Å². The summed E-state index contributed by atoms with van der Waals surface area (Å²) >= 11 is 0. The largest absolute Gasteiger partial charge is 0.464 e. The number of carbonyl (C=O) groups is 1. The lowest BCUT2D eigenvalue weighted by atomic mass is 10.3. The Bertz CT molecular complexity index is 464. The minimum Gasteiger partial charge on any atom is -0.464 e. The standard InChI is InChI=1S/C11H16N4O4/c1-12-6-3-7-13-10-9(15(17)18)5-4-8(14-10)11(16)19-2/h4-5,12H,3,6-7H2,1-2H3,(H,13,14). The van der Waals surface area contributed by atoms with Crippen molar-refractivity contribution in [1.29, 1.82) is 0 Å². The third-order valence-corrected chi connectivity index (χ3v) is 2.36. The van der Waals surface area contributed by atoms with Crippen molar-refractivity contribution in [2.75, 3.05) is 32.6 Å². The van der Waals surface area contributed by atoms with Crippen molar-refractivity contribution in [3.8, 4) is 0 Å². The highest BCUT2D eigenvalue weighted by Crippen LogP contribution is 2.22. The van der Waals surface area contributed by atoms with Crippen LogP contribution < -0.4 is 10.6 Å². The first kappa shape index (κ1) is 14.8. The molecule has 0 aliphatic heterocycles. The van der Waals surface area contributed by atoms with Crippen LogP contribution in [0.3, 0.4) is 0 Å². The van der Waals surface area contributed by atoms with E-state index in [-0.39, 0.29) is 17.2 Å². The minimum absolute atomic E-state index is 0.0317. The molecule has 1 heterocycles. The Labute approximate surface area is 110 Å². The van der Waals surface area contributed by atoms with Gasteiger partial charge in [0, 0.05) is 12.6 Å². The van der Waals surface area contributed by atoms with Crippen molar-refractivity contribution in [3.05, 3.63) is 27.9 Å². The van der Waals surface area contributed by atoms with Crippen LogP contribution >= 0.6 is 0 Å². The lowest BCUT2D eigenvalue weighted by molar-refractivity contribution is -0.384. The molecule has 0 saturated carbocycles. The van der Waals surface area contributed by atoms with Crippen LogP contribution in [0.1, 0.15) is 16.9 Å². The molecule has 19 heavy (non-hydrogen) atoms. The first-order chi connectivity index (χ1) is 9.10. The third-order valence-electron chi connectivity index (χ3n) is 2.36. The molecule has 0 radical (unpaired) electrons. The smallest absolute Gasteiger partial charge is 0.356 e. The van der Waals surface area contributed by atoms with E-state index in [0.717, 1.165) is 13.0 Å². The van der Waals surface area contributed by atoms with Crippen molar-refractivity contribution in [1.82, 2.24) is 10.3 Å². The molecule has 0 aliphatic carbocycles. The van der Waals surface area contributed by atoms with Crippen molar-refractivity contribution >= 4 is 17.5 Å². The van der Waals surface area contributed by atoms with Crippen LogP contribution in [-0.2, 0) is 4.74 Å². The summed E-state index contributed by atoms with van der Waals surface area (Å²) in [7, 11) is 3.05. The predicted octanol–water partition coefficient (Wildman–Crippen LogP) is 0.798. The Morgan fingerprint density at radius 1 is 1.47 bits per heavy atom. The summed E-state index contributed by atoms with van der Waals surface area (Å²) in [5.74, 6) is -0.558. The highest BCUT2D eigenvalue weighted by atomic mass is 16.6. The highest BCUT2D eigenvalue weighted by Gasteiger charge is 2.18. The van der Waals surface area contributed by atoms with E-state index in [0.29, 0.717) is 6.54 Å². The average Bonchev–Trinajstić information content (AvgIpc) is 2.42. The van der Waals surface area contributed by atoms with Gasteiger partial charge >= 0.3 is 11.7 Å². The van der Waals surface area contributed by atoms with Gasteiger partial charge in [-0.2, -0.15) is 0 Å². The quantitative estimate of drug-likeness (QED) is 0.326. The molecule has 8 nitrogen and oxygen atoms in total. The van der Waals surface area contributed by atoms with Gasteiger partial charge in [-0.15, -0.1) is 0 Å². The summed E-state index contributed by atoms with van der Waals surface area (Å²) in [5, 5.41) is 16.7. The van der Waals surface area contributed by atoms with Gasteiger partial charge in [-0.05, 0) is 26.1 Å². The highest BCUT2D eigenvalue weighted by molar-refractivity contribution is 5.88. The van der Waals surface area contributed by atoms with E-state index in [1.807, 2.05) is 7.05 Å². The first-order valence-electron chi connectivity index (χ1n) is 5.72. The number of nitrogens with one attached hydrogen (secondary N) is 2. The van der Waals surface area contributed by atoms with Crippen LogP contribution in [0, 0.1) is 10.1 Å². The molecule has 0 bridgehead atoms. The van der Waals surface area contributed by atoms with Crippen LogP contribution in [0.15, 0.2) is 12.1 Å².